The number of hydrogen-bond acceptors (Lipinski definition) is 9. The van der Waals surface area contributed by atoms with Gasteiger partial charge in [-0.05, 0) is 57.2 Å². The molecule has 214 valence electrons. The molecule has 6 atom stereocenters. The van der Waals surface area contributed by atoms with Crippen molar-refractivity contribution in [3.05, 3.63) is 62.9 Å². The van der Waals surface area contributed by atoms with Crippen LogP contribution in [0.3, 0.4) is 0 Å². The topological polar surface area (TPSA) is 158 Å². The van der Waals surface area contributed by atoms with E-state index in [0.717, 1.165) is 30.7 Å². The monoisotopic (exact) mass is 589 g/mol. The number of carbonyl (C=O) groups is 1. The highest BCUT2D eigenvalue weighted by atomic mass is 35.5. The van der Waals surface area contributed by atoms with Crippen molar-refractivity contribution in [2.75, 3.05) is 6.61 Å². The van der Waals surface area contributed by atoms with Crippen LogP contribution >= 0.6 is 19.3 Å². The van der Waals surface area contributed by atoms with Crippen LogP contribution in [0.4, 0.5) is 4.39 Å². The van der Waals surface area contributed by atoms with Gasteiger partial charge in [0.05, 0.1) is 12.7 Å². The maximum atomic E-state index is 15.3. The summed E-state index contributed by atoms with van der Waals surface area (Å²) in [6.07, 6.45) is -2.85. The van der Waals surface area contributed by atoms with E-state index in [-0.39, 0.29) is 5.75 Å². The number of halogens is 2. The Morgan fingerprint density at radius 1 is 1.33 bits per heavy atom. The lowest BCUT2D eigenvalue weighted by Gasteiger charge is -2.25. The highest BCUT2D eigenvalue weighted by Gasteiger charge is 2.58. The molecule has 12 nitrogen and oxygen atoms in total. The number of aliphatic hydroxyl groups excluding tert-OH is 1. The Labute approximate surface area is 228 Å². The maximum absolute atomic E-state index is 15.3. The van der Waals surface area contributed by atoms with Crippen LogP contribution < -0.4 is 20.9 Å². The summed E-state index contributed by atoms with van der Waals surface area (Å²) in [4.78, 5) is 37.9. The molecule has 0 amide bonds. The average molecular weight is 590 g/mol. The highest BCUT2D eigenvalue weighted by molar-refractivity contribution is 7.52. The average Bonchev–Trinajstić information content (AvgIpc) is 3.66. The number of nitrogens with zero attached hydrogens (tertiary/aromatic N) is 1. The number of hydrogen-bond donors (Lipinski definition) is 3. The fourth-order valence-electron chi connectivity index (χ4n) is 3.98. The van der Waals surface area contributed by atoms with Gasteiger partial charge in [0.25, 0.3) is 10.7 Å². The first-order valence-electron chi connectivity index (χ1n) is 12.3. The molecule has 2 unspecified atom stereocenters. The lowest BCUT2D eigenvalue weighted by atomic mass is 10.1. The molecular weight excluding hydrogens is 560 g/mol. The summed E-state index contributed by atoms with van der Waals surface area (Å²) < 4.78 is 51.6. The molecule has 2 aromatic rings. The number of aliphatic hydroxyl groups is 1. The van der Waals surface area contributed by atoms with Crippen molar-refractivity contribution in [3.8, 4) is 5.75 Å². The second kappa shape index (κ2) is 11.5. The Bertz CT molecular complexity index is 1360. The SMILES string of the molecule is CC(C)OC(=O)[C@H](C)NP(=O)(OC[C@H]1OC(n2ccc(=O)[nH]c2=O)[C@@](F)(Cl)[C@@H]1O)Oc1cccc(C2CC2)c1. The molecule has 1 aromatic carbocycles. The number of esters is 1. The molecule has 1 aromatic heterocycles. The third-order valence-electron chi connectivity index (χ3n) is 6.08. The molecule has 4 rings (SSSR count). The second-order valence-corrected chi connectivity index (χ2v) is 12.0. The molecule has 0 spiro atoms. The van der Waals surface area contributed by atoms with Gasteiger partial charge >= 0.3 is 19.4 Å². The van der Waals surface area contributed by atoms with E-state index in [2.05, 4.69) is 5.09 Å². The second-order valence-electron chi connectivity index (χ2n) is 9.73. The van der Waals surface area contributed by atoms with Gasteiger partial charge < -0.3 is 19.1 Å². The van der Waals surface area contributed by atoms with Gasteiger partial charge in [0, 0.05) is 12.3 Å². The number of ether oxygens (including phenoxy) is 2. The molecule has 0 radical (unpaired) electrons. The van der Waals surface area contributed by atoms with Crippen LogP contribution in [0.2, 0.25) is 0 Å². The van der Waals surface area contributed by atoms with E-state index < -0.39 is 67.3 Å². The minimum absolute atomic E-state index is 0.197. The summed E-state index contributed by atoms with van der Waals surface area (Å²) in [7, 11) is -4.38. The van der Waals surface area contributed by atoms with E-state index in [1.807, 2.05) is 11.1 Å². The van der Waals surface area contributed by atoms with Gasteiger partial charge in [-0.2, -0.15) is 5.09 Å². The molecule has 1 aliphatic heterocycles. The first kappa shape index (κ1) is 29.4. The van der Waals surface area contributed by atoms with Crippen LogP contribution in [0.25, 0.3) is 0 Å². The fourth-order valence-corrected chi connectivity index (χ4v) is 5.78. The number of nitrogens with one attached hydrogen (secondary N) is 2. The van der Waals surface area contributed by atoms with Crippen molar-refractivity contribution < 1.29 is 37.4 Å². The standard InChI is InChI=1S/C24H30ClFN3O9P/c1-13(2)36-21(32)14(3)28-39(34,38-17-6-4-5-16(11-17)15-7-8-15)35-12-18-20(31)24(25,26)22(37-18)29-10-9-19(30)27-23(29)33/h4-6,9-11,13-15,18,20,22,31H,7-8,12H2,1-3H3,(H,28,34)(H,27,30,33)/t14-,18+,20+,22?,24+,39?/m0/s1. The zero-order valence-corrected chi connectivity index (χ0v) is 23.1. The van der Waals surface area contributed by atoms with Crippen molar-refractivity contribution in [2.24, 2.45) is 0 Å². The lowest BCUT2D eigenvalue weighted by Crippen LogP contribution is -2.42. The summed E-state index contributed by atoms with van der Waals surface area (Å²) >= 11 is 5.91. The summed E-state index contributed by atoms with van der Waals surface area (Å²) in [6.45, 7) is 3.99. The van der Waals surface area contributed by atoms with Gasteiger partial charge in [0.2, 0.25) is 0 Å². The number of H-pyrrole nitrogens is 1. The predicted octanol–water partition coefficient (Wildman–Crippen LogP) is 2.71. The highest BCUT2D eigenvalue weighted by Crippen LogP contribution is 2.49. The predicted molar refractivity (Wildman–Crippen MR) is 137 cm³/mol. The van der Waals surface area contributed by atoms with E-state index in [1.165, 1.54) is 6.92 Å². The molecular formula is C24H30ClFN3O9P. The first-order chi connectivity index (χ1) is 18.3. The smallest absolute Gasteiger partial charge is 0.459 e. The summed E-state index contributed by atoms with van der Waals surface area (Å²) in [5.41, 5.74) is -0.763. The maximum Gasteiger partial charge on any atom is 0.459 e. The van der Waals surface area contributed by atoms with Crippen LogP contribution in [0.5, 0.6) is 5.75 Å². The van der Waals surface area contributed by atoms with Crippen LogP contribution in [-0.4, -0.2) is 56.7 Å². The Balaban J connectivity index is 1.54. The lowest BCUT2D eigenvalue weighted by molar-refractivity contribution is -0.149. The Morgan fingerprint density at radius 3 is 2.69 bits per heavy atom. The van der Waals surface area contributed by atoms with Gasteiger partial charge in [-0.1, -0.05) is 23.7 Å². The van der Waals surface area contributed by atoms with Crippen LogP contribution in [0.1, 0.15) is 51.3 Å². The fraction of sp³-hybridized carbons (Fsp3) is 0.542. The third-order valence-corrected chi connectivity index (χ3v) is 8.14. The van der Waals surface area contributed by atoms with Crippen molar-refractivity contribution in [1.82, 2.24) is 14.6 Å². The minimum Gasteiger partial charge on any atom is -0.462 e. The van der Waals surface area contributed by atoms with Crippen molar-refractivity contribution >= 4 is 25.3 Å². The zero-order chi connectivity index (χ0) is 28.5. The van der Waals surface area contributed by atoms with Crippen molar-refractivity contribution in [1.29, 1.82) is 0 Å². The number of carbonyl (C=O) groups excluding carboxylic acids is 1. The number of alkyl halides is 2. The van der Waals surface area contributed by atoms with E-state index >= 15 is 4.39 Å². The molecule has 0 bridgehead atoms. The Hall–Kier alpha value is -2.54. The Morgan fingerprint density at radius 2 is 2.05 bits per heavy atom. The largest absolute Gasteiger partial charge is 0.462 e. The van der Waals surface area contributed by atoms with E-state index in [4.69, 9.17) is 30.1 Å². The van der Waals surface area contributed by atoms with Gasteiger partial charge in [0.15, 0.2) is 6.23 Å². The summed E-state index contributed by atoms with van der Waals surface area (Å²) in [5.74, 6) is -0.150. The number of rotatable bonds is 11. The van der Waals surface area contributed by atoms with Gasteiger partial charge in [-0.25, -0.2) is 13.8 Å². The molecule has 1 saturated carbocycles. The van der Waals surface area contributed by atoms with E-state index in [1.54, 1.807) is 32.0 Å². The molecule has 1 aliphatic carbocycles. The van der Waals surface area contributed by atoms with Crippen molar-refractivity contribution in [2.45, 2.75) is 75.2 Å². The normalized spacial score (nSPS) is 27.2. The van der Waals surface area contributed by atoms with Crippen LogP contribution in [0, 0.1) is 0 Å². The molecule has 2 heterocycles. The van der Waals surface area contributed by atoms with Gasteiger partial charge in [-0.15, -0.1) is 0 Å². The molecule has 39 heavy (non-hydrogen) atoms. The summed E-state index contributed by atoms with van der Waals surface area (Å²) in [6, 6.07) is 6.72. The van der Waals surface area contributed by atoms with E-state index in [9.17, 15) is 24.1 Å². The number of aromatic nitrogens is 2. The van der Waals surface area contributed by atoms with Gasteiger partial charge in [0.1, 0.15) is 24.0 Å². The third kappa shape index (κ3) is 6.97. The first-order valence-corrected chi connectivity index (χ1v) is 14.3. The summed E-state index contributed by atoms with van der Waals surface area (Å²) in [5, 5.41) is 10.0. The molecule has 2 aliphatic rings. The van der Waals surface area contributed by atoms with Crippen LogP contribution in [-0.2, 0) is 23.4 Å². The number of aromatic amines is 1. The van der Waals surface area contributed by atoms with Crippen molar-refractivity contribution in [3.63, 3.8) is 0 Å². The molecule has 15 heteroatoms. The van der Waals surface area contributed by atoms with E-state index in [0.29, 0.717) is 10.5 Å². The van der Waals surface area contributed by atoms with Crippen LogP contribution in [0.15, 0.2) is 46.1 Å². The molecule has 3 N–H and O–H groups in total. The van der Waals surface area contributed by atoms with Gasteiger partial charge in [-0.3, -0.25) is 23.7 Å². The Kier molecular flexibility index (Phi) is 8.70. The quantitative estimate of drug-likeness (QED) is 0.202. The molecule has 2 fully saturated rings. The number of benzene rings is 1. The molecule has 1 saturated heterocycles. The minimum atomic E-state index is -4.38. The zero-order valence-electron chi connectivity index (χ0n) is 21.4.